The molecule has 2 aromatic rings. The van der Waals surface area contributed by atoms with Gasteiger partial charge in [-0.3, -0.25) is 0 Å². The van der Waals surface area contributed by atoms with Gasteiger partial charge in [0.1, 0.15) is 16.5 Å². The zero-order valence-electron chi connectivity index (χ0n) is 15.0. The lowest BCUT2D eigenvalue weighted by molar-refractivity contribution is -0.475. The first-order chi connectivity index (χ1) is 12.3. The third-order valence-corrected chi connectivity index (χ3v) is 6.23. The molecule has 0 atom stereocenters. The number of aryl methyl sites for hydroxylation is 1. The van der Waals surface area contributed by atoms with Crippen molar-refractivity contribution in [1.29, 1.82) is 0 Å². The summed E-state index contributed by atoms with van der Waals surface area (Å²) in [6.45, 7) is 5.65. The number of aliphatic hydroxyl groups is 1. The number of anilines is 2. The van der Waals surface area contributed by atoms with Crippen LogP contribution in [0.25, 0.3) is 0 Å². The summed E-state index contributed by atoms with van der Waals surface area (Å²) in [5.74, 6) is 1.04. The van der Waals surface area contributed by atoms with E-state index in [1.54, 1.807) is 12.3 Å². The van der Waals surface area contributed by atoms with Crippen LogP contribution >= 0.6 is 23.4 Å². The number of pyridine rings is 1. The van der Waals surface area contributed by atoms with Gasteiger partial charge >= 0.3 is 0 Å². The monoisotopic (exact) mass is 395 g/mol. The highest BCUT2D eigenvalue weighted by atomic mass is 35.5. The van der Waals surface area contributed by atoms with E-state index in [0.717, 1.165) is 42.3 Å². The van der Waals surface area contributed by atoms with Crippen LogP contribution in [0, 0.1) is 6.92 Å². The Morgan fingerprint density at radius 1 is 1.38 bits per heavy atom. The molecule has 0 amide bonds. The maximum atomic E-state index is 9.83. The number of halogens is 1. The first-order valence-corrected chi connectivity index (χ1v) is 9.67. The average molecular weight is 396 g/mol. The molecule has 0 radical (unpaired) electrons. The number of nitrogen functional groups attached to an aromatic ring is 1. The quantitative estimate of drug-likeness (QED) is 0.720. The van der Waals surface area contributed by atoms with Crippen LogP contribution in [-0.4, -0.2) is 38.7 Å². The van der Waals surface area contributed by atoms with Gasteiger partial charge in [0.05, 0.1) is 22.9 Å². The highest BCUT2D eigenvalue weighted by Gasteiger charge is 2.31. The molecule has 9 heteroatoms. The smallest absolute Gasteiger partial charge is 0.153 e. The van der Waals surface area contributed by atoms with E-state index in [4.69, 9.17) is 22.3 Å². The molecule has 140 valence electrons. The van der Waals surface area contributed by atoms with Crippen molar-refractivity contribution in [2.24, 2.45) is 0 Å². The minimum absolute atomic E-state index is 0.103. The predicted molar refractivity (Wildman–Crippen MR) is 103 cm³/mol. The highest BCUT2D eigenvalue weighted by molar-refractivity contribution is 7.99. The molecule has 2 aromatic heterocycles. The lowest BCUT2D eigenvalue weighted by Crippen LogP contribution is -2.73. The Hall–Kier alpha value is -1.61. The average Bonchev–Trinajstić information content (AvgIpc) is 2.60. The molecule has 7 nitrogen and oxygen atoms in total. The van der Waals surface area contributed by atoms with Crippen LogP contribution in [0.5, 0.6) is 0 Å². The predicted octanol–water partition coefficient (Wildman–Crippen LogP) is 1.66. The fourth-order valence-electron chi connectivity index (χ4n) is 2.86. The highest BCUT2D eigenvalue weighted by Crippen LogP contribution is 2.36. The molecule has 0 bridgehead atoms. The third-order valence-electron chi connectivity index (χ3n) is 4.58. The molecule has 0 unspecified atom stereocenters. The largest absolute Gasteiger partial charge is 0.390 e. The minimum Gasteiger partial charge on any atom is -0.390 e. The Morgan fingerprint density at radius 3 is 2.73 bits per heavy atom. The van der Waals surface area contributed by atoms with E-state index >= 15 is 0 Å². The molecule has 1 aliphatic heterocycles. The number of nitrogens with two attached hydrogens (primary N) is 1. The Balaban J connectivity index is 1.89. The van der Waals surface area contributed by atoms with E-state index < -0.39 is 0 Å². The Kier molecular flexibility index (Phi) is 5.57. The molecule has 3 rings (SSSR count). The van der Waals surface area contributed by atoms with Crippen molar-refractivity contribution in [3.8, 4) is 0 Å². The van der Waals surface area contributed by atoms with Crippen LogP contribution in [0.15, 0.2) is 22.2 Å². The number of rotatable bonds is 4. The topological polar surface area (TPSA) is 116 Å². The van der Waals surface area contributed by atoms with Crippen molar-refractivity contribution in [2.45, 2.75) is 48.8 Å². The summed E-state index contributed by atoms with van der Waals surface area (Å²) in [5.41, 5.74) is 11.5. The lowest BCUT2D eigenvalue weighted by Gasteiger charge is -2.35. The minimum atomic E-state index is -0.166. The van der Waals surface area contributed by atoms with Crippen molar-refractivity contribution >= 4 is 35.0 Å². The normalized spacial score (nSPS) is 16.7. The van der Waals surface area contributed by atoms with Crippen LogP contribution in [0.4, 0.5) is 11.6 Å². The van der Waals surface area contributed by atoms with E-state index in [0.29, 0.717) is 15.7 Å². The van der Waals surface area contributed by atoms with Gasteiger partial charge in [-0.15, -0.1) is 0 Å². The van der Waals surface area contributed by atoms with Gasteiger partial charge in [0.2, 0.25) is 0 Å². The molecule has 0 spiro atoms. The first-order valence-electron chi connectivity index (χ1n) is 8.47. The van der Waals surface area contributed by atoms with Crippen molar-refractivity contribution in [1.82, 2.24) is 15.0 Å². The second-order valence-corrected chi connectivity index (χ2v) is 8.36. The van der Waals surface area contributed by atoms with Crippen molar-refractivity contribution < 1.29 is 10.8 Å². The summed E-state index contributed by atoms with van der Waals surface area (Å²) >= 11 is 7.60. The summed E-state index contributed by atoms with van der Waals surface area (Å²) in [7, 11) is 0. The fraction of sp³-hybridized carbons (Fsp3) is 0.471. The summed E-state index contributed by atoms with van der Waals surface area (Å²) in [4.78, 5) is 16.3. The van der Waals surface area contributed by atoms with E-state index in [2.05, 4.69) is 27.5 Å². The number of hydrogen-bond acceptors (Lipinski definition) is 7. The van der Waals surface area contributed by atoms with Crippen molar-refractivity contribution in [3.63, 3.8) is 0 Å². The molecular weight excluding hydrogens is 372 g/mol. The third kappa shape index (κ3) is 4.03. The molecule has 1 saturated heterocycles. The molecule has 0 saturated carbocycles. The van der Waals surface area contributed by atoms with Crippen molar-refractivity contribution in [3.05, 3.63) is 28.7 Å². The molecule has 0 aromatic carbocycles. The SMILES string of the molecule is Cc1nc(N2CCC(C)([NH3+])CC2)c(CO)nc1Sc1ccnc(N)c1Cl. The number of hydrogen-bond donors (Lipinski definition) is 3. The number of aromatic nitrogens is 3. The van der Waals surface area contributed by atoms with Crippen molar-refractivity contribution in [2.75, 3.05) is 23.7 Å². The Labute approximate surface area is 162 Å². The molecule has 3 heterocycles. The lowest BCUT2D eigenvalue weighted by atomic mass is 9.91. The first kappa shape index (κ1) is 19.2. The molecule has 26 heavy (non-hydrogen) atoms. The molecule has 1 aliphatic rings. The fourth-order valence-corrected chi connectivity index (χ4v) is 3.97. The Morgan fingerprint density at radius 2 is 2.08 bits per heavy atom. The van der Waals surface area contributed by atoms with Crippen LogP contribution in [-0.2, 0) is 6.61 Å². The summed E-state index contributed by atoms with van der Waals surface area (Å²) in [6, 6.07) is 1.79. The molecular formula is C17H24ClN6OS+. The van der Waals surface area contributed by atoms with Gasteiger partial charge in [0.25, 0.3) is 0 Å². The van der Waals surface area contributed by atoms with E-state index in [-0.39, 0.29) is 18.0 Å². The summed E-state index contributed by atoms with van der Waals surface area (Å²) < 4.78 is 0. The summed E-state index contributed by atoms with van der Waals surface area (Å²) in [5, 5.41) is 10.9. The second-order valence-electron chi connectivity index (χ2n) is 6.95. The number of quaternary nitrogens is 1. The van der Waals surface area contributed by atoms with Crippen LogP contribution in [0.2, 0.25) is 5.02 Å². The molecule has 1 fully saturated rings. The van der Waals surface area contributed by atoms with E-state index in [9.17, 15) is 5.11 Å². The van der Waals surface area contributed by atoms with Gasteiger partial charge in [-0.2, -0.15) is 0 Å². The van der Waals surface area contributed by atoms with Gasteiger partial charge in [0.15, 0.2) is 5.82 Å². The number of piperidine rings is 1. The zero-order chi connectivity index (χ0) is 18.9. The van der Waals surface area contributed by atoms with Gasteiger partial charge in [-0.25, -0.2) is 15.0 Å². The van der Waals surface area contributed by atoms with Gasteiger partial charge in [-0.1, -0.05) is 23.4 Å². The van der Waals surface area contributed by atoms with Gasteiger partial charge in [0, 0.05) is 37.0 Å². The maximum absolute atomic E-state index is 9.83. The van der Waals surface area contributed by atoms with Gasteiger partial charge < -0.3 is 21.5 Å². The zero-order valence-corrected chi connectivity index (χ0v) is 16.6. The van der Waals surface area contributed by atoms with E-state index in [1.807, 2.05) is 6.92 Å². The molecule has 0 aliphatic carbocycles. The van der Waals surface area contributed by atoms with Crippen LogP contribution in [0.3, 0.4) is 0 Å². The second kappa shape index (κ2) is 7.56. The number of aliphatic hydroxyl groups excluding tert-OH is 1. The van der Waals surface area contributed by atoms with Crippen LogP contribution < -0.4 is 16.4 Å². The Bertz CT molecular complexity index is 806. The van der Waals surface area contributed by atoms with E-state index in [1.165, 1.54) is 11.8 Å². The molecule has 6 N–H and O–H groups in total. The number of nitrogens with zero attached hydrogens (tertiary/aromatic N) is 4. The van der Waals surface area contributed by atoms with Crippen LogP contribution in [0.1, 0.15) is 31.2 Å². The van der Waals surface area contributed by atoms with Gasteiger partial charge in [-0.05, 0) is 19.9 Å². The maximum Gasteiger partial charge on any atom is 0.153 e. The summed E-state index contributed by atoms with van der Waals surface area (Å²) in [6.07, 6.45) is 3.58. The standard InChI is InChI=1S/C17H23ClN6OS/c1-10-16(26-12-3-6-21-14(19)13(12)18)23-11(9-25)15(22-10)24-7-4-17(2,20)5-8-24/h3,6,25H,4-5,7-9,20H2,1-2H3,(H2,19,21)/p+1.